The number of carbonyl (C=O) groups is 1. The minimum atomic E-state index is -0.423. The molecule has 0 saturated heterocycles. The van der Waals surface area contributed by atoms with Gasteiger partial charge in [-0.15, -0.1) is 0 Å². The molecule has 1 atom stereocenters. The van der Waals surface area contributed by atoms with Gasteiger partial charge < -0.3 is 4.90 Å². The molecule has 1 aliphatic heterocycles. The molecule has 0 aliphatic carbocycles. The summed E-state index contributed by atoms with van der Waals surface area (Å²) >= 11 is 0. The van der Waals surface area contributed by atoms with Gasteiger partial charge in [0, 0.05) is 17.7 Å². The Morgan fingerprint density at radius 2 is 2.20 bits per heavy atom. The lowest BCUT2D eigenvalue weighted by Crippen LogP contribution is -2.31. The first-order chi connectivity index (χ1) is 7.29. The molecule has 1 aromatic carbocycles. The first kappa shape index (κ1) is 10.1. The second kappa shape index (κ2) is 4.00. The number of fused-ring (bicyclic) bond motifs is 1. The maximum absolute atomic E-state index is 11.9. The largest absolute Gasteiger partial charge is 0.307 e. The third kappa shape index (κ3) is 1.52. The zero-order valence-electron chi connectivity index (χ0n) is 8.64. The fourth-order valence-electron chi connectivity index (χ4n) is 1.94. The third-order valence-corrected chi connectivity index (χ3v) is 2.59. The van der Waals surface area contributed by atoms with E-state index in [-0.39, 0.29) is 5.91 Å². The molecule has 1 unspecified atom stereocenters. The molecule has 0 aromatic heterocycles. The molecule has 1 aromatic rings. The fourth-order valence-corrected chi connectivity index (χ4v) is 1.94. The Balaban J connectivity index is 2.39. The molecule has 0 saturated carbocycles. The van der Waals surface area contributed by atoms with E-state index in [0.717, 1.165) is 12.0 Å². The van der Waals surface area contributed by atoms with Gasteiger partial charge in [-0.1, -0.05) is 25.1 Å². The maximum atomic E-state index is 11.9. The number of nitrogens with two attached hydrogens (primary N) is 1. The SMILES string of the molecule is CCCN1C(=O)c2ccccc2C1ON. The lowest BCUT2D eigenvalue weighted by Gasteiger charge is -2.22. The van der Waals surface area contributed by atoms with Crippen LogP contribution in [0, 0.1) is 0 Å². The number of amides is 1. The minimum absolute atomic E-state index is 0.00269. The van der Waals surface area contributed by atoms with Gasteiger partial charge in [-0.05, 0) is 12.5 Å². The predicted molar refractivity (Wildman–Crippen MR) is 55.8 cm³/mol. The summed E-state index contributed by atoms with van der Waals surface area (Å²) in [5.74, 6) is 5.24. The van der Waals surface area contributed by atoms with E-state index in [0.29, 0.717) is 12.1 Å². The quantitative estimate of drug-likeness (QED) is 0.761. The highest BCUT2D eigenvalue weighted by atomic mass is 16.6. The monoisotopic (exact) mass is 206 g/mol. The summed E-state index contributed by atoms with van der Waals surface area (Å²) in [6.45, 7) is 2.68. The van der Waals surface area contributed by atoms with Crippen LogP contribution in [-0.4, -0.2) is 17.4 Å². The summed E-state index contributed by atoms with van der Waals surface area (Å²) in [6, 6.07) is 7.41. The van der Waals surface area contributed by atoms with Crippen LogP contribution in [0.2, 0.25) is 0 Å². The molecule has 2 N–H and O–H groups in total. The number of carbonyl (C=O) groups excluding carboxylic acids is 1. The van der Waals surface area contributed by atoms with Crippen LogP contribution in [0.4, 0.5) is 0 Å². The molecule has 15 heavy (non-hydrogen) atoms. The standard InChI is InChI=1S/C11H14N2O2/c1-2-7-13-10(14)8-5-3-4-6-9(8)11(13)15-12/h3-6,11H,2,7,12H2,1H3. The van der Waals surface area contributed by atoms with Crippen molar-refractivity contribution in [2.24, 2.45) is 5.90 Å². The number of nitrogens with zero attached hydrogens (tertiary/aromatic N) is 1. The second-order valence-electron chi connectivity index (χ2n) is 3.57. The Hall–Kier alpha value is -1.39. The van der Waals surface area contributed by atoms with Gasteiger partial charge in [0.25, 0.3) is 5.91 Å². The minimum Gasteiger partial charge on any atom is -0.307 e. The molecular formula is C11H14N2O2. The molecule has 2 rings (SSSR count). The summed E-state index contributed by atoms with van der Waals surface area (Å²) in [5.41, 5.74) is 1.56. The van der Waals surface area contributed by atoms with Crippen molar-refractivity contribution in [3.05, 3.63) is 35.4 Å². The average Bonchev–Trinajstić information content (AvgIpc) is 2.54. The van der Waals surface area contributed by atoms with Crippen molar-refractivity contribution < 1.29 is 9.63 Å². The maximum Gasteiger partial charge on any atom is 0.256 e. The normalized spacial score (nSPS) is 19.5. The van der Waals surface area contributed by atoms with Crippen LogP contribution >= 0.6 is 0 Å². The molecule has 4 nitrogen and oxygen atoms in total. The molecule has 0 bridgehead atoms. The molecule has 1 aliphatic rings. The zero-order valence-corrected chi connectivity index (χ0v) is 8.64. The molecule has 1 amide bonds. The van der Waals surface area contributed by atoms with Crippen molar-refractivity contribution >= 4 is 5.91 Å². The molecule has 1 heterocycles. The van der Waals surface area contributed by atoms with E-state index in [1.54, 1.807) is 11.0 Å². The predicted octanol–water partition coefficient (Wildman–Crippen LogP) is 1.44. The van der Waals surface area contributed by atoms with Crippen LogP contribution in [0.3, 0.4) is 0 Å². The van der Waals surface area contributed by atoms with Gasteiger partial charge in [-0.25, -0.2) is 5.90 Å². The van der Waals surface area contributed by atoms with Crippen molar-refractivity contribution in [1.29, 1.82) is 0 Å². The molecule has 0 radical (unpaired) electrons. The van der Waals surface area contributed by atoms with Crippen LogP contribution in [0.5, 0.6) is 0 Å². The van der Waals surface area contributed by atoms with Crippen molar-refractivity contribution in [1.82, 2.24) is 4.90 Å². The molecule has 80 valence electrons. The highest BCUT2D eigenvalue weighted by Crippen LogP contribution is 2.33. The van der Waals surface area contributed by atoms with Gasteiger partial charge in [0.05, 0.1) is 0 Å². The zero-order chi connectivity index (χ0) is 10.8. The first-order valence-electron chi connectivity index (χ1n) is 5.05. The van der Waals surface area contributed by atoms with E-state index in [1.165, 1.54) is 0 Å². The Morgan fingerprint density at radius 3 is 2.87 bits per heavy atom. The summed E-state index contributed by atoms with van der Waals surface area (Å²) in [6.07, 6.45) is 0.466. The molecule has 4 heteroatoms. The Kier molecular flexibility index (Phi) is 2.70. The van der Waals surface area contributed by atoms with E-state index in [4.69, 9.17) is 10.7 Å². The third-order valence-electron chi connectivity index (χ3n) is 2.59. The lowest BCUT2D eigenvalue weighted by molar-refractivity contribution is -0.0411. The van der Waals surface area contributed by atoms with Gasteiger partial charge in [0.1, 0.15) is 0 Å². The Bertz CT molecular complexity index is 379. The summed E-state index contributed by atoms with van der Waals surface area (Å²) < 4.78 is 0. The molecule has 0 fully saturated rings. The molecular weight excluding hydrogens is 192 g/mol. The number of rotatable bonds is 3. The Labute approximate surface area is 88.6 Å². The van der Waals surface area contributed by atoms with Crippen LogP contribution in [0.25, 0.3) is 0 Å². The van der Waals surface area contributed by atoms with Gasteiger partial charge in [0.2, 0.25) is 0 Å². The molecule has 0 spiro atoms. The smallest absolute Gasteiger partial charge is 0.256 e. The van der Waals surface area contributed by atoms with Gasteiger partial charge in [0.15, 0.2) is 6.23 Å². The number of benzene rings is 1. The van der Waals surface area contributed by atoms with Crippen LogP contribution in [0.15, 0.2) is 24.3 Å². The van der Waals surface area contributed by atoms with Crippen molar-refractivity contribution in [2.75, 3.05) is 6.54 Å². The van der Waals surface area contributed by atoms with Gasteiger partial charge in [-0.2, -0.15) is 0 Å². The van der Waals surface area contributed by atoms with Gasteiger partial charge in [-0.3, -0.25) is 9.63 Å². The highest BCUT2D eigenvalue weighted by molar-refractivity contribution is 5.98. The summed E-state index contributed by atoms with van der Waals surface area (Å²) in [5, 5.41) is 0. The topological polar surface area (TPSA) is 55.6 Å². The van der Waals surface area contributed by atoms with Crippen molar-refractivity contribution in [2.45, 2.75) is 19.6 Å². The average molecular weight is 206 g/mol. The van der Waals surface area contributed by atoms with Crippen molar-refractivity contribution in [3.8, 4) is 0 Å². The van der Waals surface area contributed by atoms with E-state index in [9.17, 15) is 4.79 Å². The van der Waals surface area contributed by atoms with E-state index in [2.05, 4.69) is 0 Å². The van der Waals surface area contributed by atoms with E-state index >= 15 is 0 Å². The lowest BCUT2D eigenvalue weighted by atomic mass is 10.1. The van der Waals surface area contributed by atoms with Crippen LogP contribution in [-0.2, 0) is 4.84 Å². The number of hydrogen-bond acceptors (Lipinski definition) is 3. The van der Waals surface area contributed by atoms with Crippen LogP contribution in [0.1, 0.15) is 35.5 Å². The second-order valence-corrected chi connectivity index (χ2v) is 3.57. The fraction of sp³-hybridized carbons (Fsp3) is 0.364. The van der Waals surface area contributed by atoms with Crippen LogP contribution < -0.4 is 5.90 Å². The van der Waals surface area contributed by atoms with Crippen molar-refractivity contribution in [3.63, 3.8) is 0 Å². The first-order valence-corrected chi connectivity index (χ1v) is 5.05. The van der Waals surface area contributed by atoms with E-state index in [1.807, 2.05) is 25.1 Å². The Morgan fingerprint density at radius 1 is 1.47 bits per heavy atom. The summed E-state index contributed by atoms with van der Waals surface area (Å²) in [4.78, 5) is 18.5. The van der Waals surface area contributed by atoms with E-state index < -0.39 is 6.23 Å². The number of hydrogen-bond donors (Lipinski definition) is 1. The summed E-state index contributed by atoms with van der Waals surface area (Å²) in [7, 11) is 0. The van der Waals surface area contributed by atoms with Gasteiger partial charge >= 0.3 is 0 Å². The highest BCUT2D eigenvalue weighted by Gasteiger charge is 2.36.